The number of ketones is 1. The van der Waals surface area contributed by atoms with Gasteiger partial charge < -0.3 is 14.9 Å². The molecule has 0 aliphatic heterocycles. The Bertz CT molecular complexity index is 1060. The van der Waals surface area contributed by atoms with Crippen molar-refractivity contribution in [3.05, 3.63) is 84.5 Å². The van der Waals surface area contributed by atoms with Crippen LogP contribution in [-0.2, 0) is 9.53 Å². The number of unbranched alkanes of at least 4 members (excludes halogenated alkanes) is 2. The number of rotatable bonds is 22. The van der Waals surface area contributed by atoms with Gasteiger partial charge in [0.25, 0.3) is 0 Å². The molecular weight excluding hydrogens is 538 g/mol. The molecular formula is C33H45NO6S. The average molecular weight is 584 g/mol. The summed E-state index contributed by atoms with van der Waals surface area (Å²) < 4.78 is 5.04. The predicted octanol–water partition coefficient (Wildman–Crippen LogP) is 8.64. The number of aromatic hydroxyl groups is 1. The lowest BCUT2D eigenvalue weighted by atomic mass is 10.2. The van der Waals surface area contributed by atoms with Crippen molar-refractivity contribution in [2.24, 2.45) is 0 Å². The van der Waals surface area contributed by atoms with Crippen LogP contribution in [0.15, 0.2) is 79.0 Å². The first kappa shape index (κ1) is 35.5. The molecule has 0 fully saturated rings. The number of Topliss-reactive ketones (excluding diaryl/α,β-unsaturated/α-hetero) is 1. The summed E-state index contributed by atoms with van der Waals surface area (Å²) in [6, 6.07) is 3.69. The number of carboxylic acid groups (broad SMARTS) is 1. The zero-order chi connectivity index (χ0) is 30.0. The van der Waals surface area contributed by atoms with Gasteiger partial charge in [0.2, 0.25) is 0 Å². The fourth-order valence-electron chi connectivity index (χ4n) is 3.47. The van der Waals surface area contributed by atoms with Gasteiger partial charge in [0.15, 0.2) is 0 Å². The van der Waals surface area contributed by atoms with Crippen LogP contribution in [0.3, 0.4) is 0 Å². The molecule has 0 unspecified atom stereocenters. The van der Waals surface area contributed by atoms with Crippen LogP contribution in [0.4, 0.5) is 10.5 Å². The molecule has 1 rings (SSSR count). The van der Waals surface area contributed by atoms with E-state index in [1.807, 2.05) is 0 Å². The Balaban J connectivity index is 1.97. The molecule has 0 bridgehead atoms. The molecule has 3 N–H and O–H groups in total. The zero-order valence-electron chi connectivity index (χ0n) is 24.1. The number of amides is 1. The Labute approximate surface area is 249 Å². The standard InChI is InChI=1S/C33H45NO6S/c1-2-3-4-5-6-7-8-9-10-11-12-13-14-15-16-17-18-19-25-41-27-29(35)21-20-24-40-33(39)34-28-22-23-31(36)30(26-28)32(37)38/h3-4,6-7,9-10,12-13,15-16,22-23,26,36H,2,5,8,11,14,17-21,24-25,27H2,1H3,(H,34,39)(H,37,38)/b4-3-,7-6-,10-9-,13-12-,16-15-. The van der Waals surface area contributed by atoms with Crippen LogP contribution in [0, 0.1) is 0 Å². The van der Waals surface area contributed by atoms with E-state index in [4.69, 9.17) is 9.84 Å². The topological polar surface area (TPSA) is 113 Å². The highest BCUT2D eigenvalue weighted by Gasteiger charge is 2.12. The number of allylic oxidation sites excluding steroid dienone is 10. The molecule has 0 aromatic heterocycles. The number of thioether (sulfide) groups is 1. The first-order valence-electron chi connectivity index (χ1n) is 14.3. The summed E-state index contributed by atoms with van der Waals surface area (Å²) in [4.78, 5) is 34.9. The third-order valence-electron chi connectivity index (χ3n) is 5.64. The first-order valence-corrected chi connectivity index (χ1v) is 15.4. The summed E-state index contributed by atoms with van der Waals surface area (Å²) in [6.07, 6.45) is 30.2. The van der Waals surface area contributed by atoms with Gasteiger partial charge in [-0.1, -0.05) is 67.7 Å². The van der Waals surface area contributed by atoms with Crippen molar-refractivity contribution < 1.29 is 29.3 Å². The van der Waals surface area contributed by atoms with Crippen molar-refractivity contribution in [2.75, 3.05) is 23.4 Å². The third-order valence-corrected chi connectivity index (χ3v) is 6.74. The Morgan fingerprint density at radius 3 is 2.07 bits per heavy atom. The number of anilines is 1. The number of carboxylic acids is 1. The van der Waals surface area contributed by atoms with E-state index in [0.29, 0.717) is 18.6 Å². The number of hydrogen-bond donors (Lipinski definition) is 3. The fraction of sp³-hybridized carbons (Fsp3) is 0.424. The summed E-state index contributed by atoms with van der Waals surface area (Å²) in [7, 11) is 0. The average Bonchev–Trinajstić information content (AvgIpc) is 2.95. The smallest absolute Gasteiger partial charge is 0.411 e. The summed E-state index contributed by atoms with van der Waals surface area (Å²) in [5.74, 6) is -0.166. The number of benzene rings is 1. The van der Waals surface area contributed by atoms with Crippen LogP contribution in [0.1, 0.15) is 81.5 Å². The molecule has 0 spiro atoms. The molecule has 8 heteroatoms. The molecule has 1 aromatic carbocycles. The Kier molecular flexibility index (Phi) is 21.0. The number of carbonyl (C=O) groups is 3. The molecule has 1 aromatic rings. The minimum absolute atomic E-state index is 0.0827. The van der Waals surface area contributed by atoms with E-state index in [2.05, 4.69) is 73.0 Å². The highest BCUT2D eigenvalue weighted by molar-refractivity contribution is 7.99. The molecule has 7 nitrogen and oxygen atoms in total. The number of nitrogens with one attached hydrogen (secondary N) is 1. The number of phenols is 1. The van der Waals surface area contributed by atoms with E-state index < -0.39 is 17.8 Å². The van der Waals surface area contributed by atoms with Crippen LogP contribution in [0.5, 0.6) is 5.75 Å². The van der Waals surface area contributed by atoms with Crippen molar-refractivity contribution in [2.45, 2.75) is 71.1 Å². The third kappa shape index (κ3) is 20.1. The van der Waals surface area contributed by atoms with Crippen molar-refractivity contribution >= 4 is 35.3 Å². The highest BCUT2D eigenvalue weighted by atomic mass is 32.2. The second-order valence-electron chi connectivity index (χ2n) is 9.20. The highest BCUT2D eigenvalue weighted by Crippen LogP contribution is 2.21. The quantitative estimate of drug-likeness (QED) is 0.0711. The number of carbonyl (C=O) groups excluding carboxylic acids is 2. The van der Waals surface area contributed by atoms with Crippen LogP contribution >= 0.6 is 11.8 Å². The molecule has 224 valence electrons. The van der Waals surface area contributed by atoms with E-state index in [-0.39, 0.29) is 23.6 Å². The lowest BCUT2D eigenvalue weighted by Crippen LogP contribution is -2.15. The number of ether oxygens (including phenoxy) is 1. The maximum atomic E-state index is 12.0. The second kappa shape index (κ2) is 24.3. The van der Waals surface area contributed by atoms with Gasteiger partial charge in [0, 0.05) is 12.1 Å². The predicted molar refractivity (Wildman–Crippen MR) is 170 cm³/mol. The van der Waals surface area contributed by atoms with Gasteiger partial charge in [-0.25, -0.2) is 9.59 Å². The van der Waals surface area contributed by atoms with Crippen molar-refractivity contribution in [3.63, 3.8) is 0 Å². The molecule has 0 heterocycles. The van der Waals surface area contributed by atoms with E-state index >= 15 is 0 Å². The molecule has 0 saturated carbocycles. The van der Waals surface area contributed by atoms with Gasteiger partial charge >= 0.3 is 12.1 Å². The SMILES string of the molecule is CC/C=C\C/C=C\C/C=C\C/C=C\C/C=C\CCCCSCC(=O)CCCOC(=O)Nc1ccc(O)c(C(=O)O)c1. The van der Waals surface area contributed by atoms with E-state index in [0.717, 1.165) is 63.2 Å². The summed E-state index contributed by atoms with van der Waals surface area (Å²) in [5, 5.41) is 20.9. The molecule has 1 amide bonds. The van der Waals surface area contributed by atoms with Gasteiger partial charge in [0.05, 0.1) is 12.4 Å². The lowest BCUT2D eigenvalue weighted by molar-refractivity contribution is -0.116. The van der Waals surface area contributed by atoms with Crippen LogP contribution in [0.25, 0.3) is 0 Å². The minimum atomic E-state index is -1.30. The lowest BCUT2D eigenvalue weighted by Gasteiger charge is -2.08. The van der Waals surface area contributed by atoms with Gasteiger partial charge in [-0.3, -0.25) is 10.1 Å². The summed E-state index contributed by atoms with van der Waals surface area (Å²) in [5.41, 5.74) is -0.126. The number of aromatic carboxylic acids is 1. The molecule has 0 aliphatic rings. The summed E-state index contributed by atoms with van der Waals surface area (Å²) in [6.45, 7) is 2.23. The van der Waals surface area contributed by atoms with Gasteiger partial charge in [-0.15, -0.1) is 0 Å². The fourth-order valence-corrected chi connectivity index (χ4v) is 4.39. The largest absolute Gasteiger partial charge is 0.507 e. The minimum Gasteiger partial charge on any atom is -0.507 e. The maximum Gasteiger partial charge on any atom is 0.411 e. The summed E-state index contributed by atoms with van der Waals surface area (Å²) >= 11 is 1.63. The van der Waals surface area contributed by atoms with Crippen molar-refractivity contribution in [3.8, 4) is 5.75 Å². The van der Waals surface area contributed by atoms with Crippen LogP contribution in [0.2, 0.25) is 0 Å². The Hall–Kier alpha value is -3.52. The Morgan fingerprint density at radius 1 is 0.854 bits per heavy atom. The molecule has 0 radical (unpaired) electrons. The second-order valence-corrected chi connectivity index (χ2v) is 10.3. The van der Waals surface area contributed by atoms with E-state index in [1.54, 1.807) is 11.8 Å². The van der Waals surface area contributed by atoms with Crippen molar-refractivity contribution in [1.29, 1.82) is 0 Å². The Morgan fingerprint density at radius 2 is 1.46 bits per heavy atom. The monoisotopic (exact) mass is 583 g/mol. The van der Waals surface area contributed by atoms with Crippen LogP contribution in [-0.4, -0.2) is 46.2 Å². The van der Waals surface area contributed by atoms with Crippen molar-refractivity contribution in [1.82, 2.24) is 0 Å². The molecule has 0 atom stereocenters. The van der Waals surface area contributed by atoms with Gasteiger partial charge in [-0.05, 0) is 81.7 Å². The van der Waals surface area contributed by atoms with Crippen LogP contribution < -0.4 is 5.32 Å². The van der Waals surface area contributed by atoms with Gasteiger partial charge in [-0.2, -0.15) is 11.8 Å². The zero-order valence-corrected chi connectivity index (χ0v) is 25.0. The number of hydrogen-bond acceptors (Lipinski definition) is 6. The van der Waals surface area contributed by atoms with E-state index in [9.17, 15) is 19.5 Å². The first-order chi connectivity index (χ1) is 19.9. The van der Waals surface area contributed by atoms with Gasteiger partial charge in [0.1, 0.15) is 17.1 Å². The molecule has 0 aliphatic carbocycles. The normalized spacial score (nSPS) is 11.9. The molecule has 41 heavy (non-hydrogen) atoms. The maximum absolute atomic E-state index is 12.0. The van der Waals surface area contributed by atoms with E-state index in [1.165, 1.54) is 12.1 Å². The molecule has 0 saturated heterocycles.